The molecule has 0 aliphatic heterocycles. The van der Waals surface area contributed by atoms with E-state index in [9.17, 15) is 26.4 Å². The van der Waals surface area contributed by atoms with Crippen LogP contribution in [0.2, 0.25) is 0 Å². The molecule has 3 rings (SSSR count). The first-order valence-corrected chi connectivity index (χ1v) is 13.5. The summed E-state index contributed by atoms with van der Waals surface area (Å²) in [5.41, 5.74) is 0.0858. The van der Waals surface area contributed by atoms with Gasteiger partial charge in [-0.3, -0.25) is 9.52 Å². The van der Waals surface area contributed by atoms with Crippen LogP contribution in [0.15, 0.2) is 48.8 Å². The Bertz CT molecular complexity index is 1380. The molecule has 0 radical (unpaired) electrons. The molecular formula is C24H29F3N8O3S. The van der Waals surface area contributed by atoms with Gasteiger partial charge in [0.25, 0.3) is 5.91 Å². The fourth-order valence-corrected chi connectivity index (χ4v) is 3.81. The lowest BCUT2D eigenvalue weighted by Crippen LogP contribution is -2.31. The lowest BCUT2D eigenvalue weighted by atomic mass is 10.2. The average Bonchev–Trinajstić information content (AvgIpc) is 2.87. The van der Waals surface area contributed by atoms with Gasteiger partial charge in [-0.2, -0.15) is 18.2 Å². The van der Waals surface area contributed by atoms with Gasteiger partial charge in [0.1, 0.15) is 17.2 Å². The highest BCUT2D eigenvalue weighted by atomic mass is 32.2. The van der Waals surface area contributed by atoms with Crippen LogP contribution in [-0.4, -0.2) is 67.1 Å². The molecular weight excluding hydrogens is 537 g/mol. The van der Waals surface area contributed by atoms with Gasteiger partial charge in [-0.05, 0) is 51.4 Å². The van der Waals surface area contributed by atoms with Crippen LogP contribution in [0.3, 0.4) is 0 Å². The van der Waals surface area contributed by atoms with Gasteiger partial charge in [0.15, 0.2) is 0 Å². The van der Waals surface area contributed by atoms with Gasteiger partial charge in [0.05, 0.1) is 5.75 Å². The number of sulfonamides is 1. The molecule has 2 aromatic heterocycles. The second-order valence-electron chi connectivity index (χ2n) is 8.59. The first-order valence-electron chi connectivity index (χ1n) is 11.8. The number of nitrogens with one attached hydrogen (secondary N) is 4. The molecule has 0 saturated heterocycles. The lowest BCUT2D eigenvalue weighted by molar-refractivity contribution is -0.137. The number of nitrogens with zero attached hydrogens (tertiary/aromatic N) is 4. The highest BCUT2D eigenvalue weighted by molar-refractivity contribution is 7.92. The maximum atomic E-state index is 13.6. The molecule has 1 amide bonds. The molecule has 3 aromatic rings. The number of amides is 1. The van der Waals surface area contributed by atoms with Crippen molar-refractivity contribution >= 4 is 39.2 Å². The smallest absolute Gasteiger partial charge is 0.365 e. The van der Waals surface area contributed by atoms with Gasteiger partial charge in [-0.15, -0.1) is 0 Å². The number of pyridine rings is 1. The van der Waals surface area contributed by atoms with Crippen LogP contribution in [0.25, 0.3) is 0 Å². The number of hydrogen-bond acceptors (Lipinski definition) is 9. The number of likely N-dealkylation sites (N-methyl/N-ethyl adjacent to an activating group) is 1. The van der Waals surface area contributed by atoms with Crippen LogP contribution < -0.4 is 20.7 Å². The Hall–Kier alpha value is -3.98. The summed E-state index contributed by atoms with van der Waals surface area (Å²) in [4.78, 5) is 25.9. The van der Waals surface area contributed by atoms with Crippen molar-refractivity contribution in [2.75, 3.05) is 48.3 Å². The number of halogens is 3. The number of anilines is 4. The molecule has 39 heavy (non-hydrogen) atoms. The molecule has 0 aliphatic rings. The monoisotopic (exact) mass is 566 g/mol. The second-order valence-corrected chi connectivity index (χ2v) is 10.6. The summed E-state index contributed by atoms with van der Waals surface area (Å²) in [6.07, 6.45) is -2.73. The maximum absolute atomic E-state index is 13.6. The highest BCUT2D eigenvalue weighted by Gasteiger charge is 2.35. The van der Waals surface area contributed by atoms with Gasteiger partial charge >= 0.3 is 6.18 Å². The van der Waals surface area contributed by atoms with E-state index >= 15 is 0 Å². The van der Waals surface area contributed by atoms with Crippen LogP contribution in [0.4, 0.5) is 36.4 Å². The molecule has 0 saturated carbocycles. The van der Waals surface area contributed by atoms with Crippen molar-refractivity contribution in [3.05, 3.63) is 65.5 Å². The summed E-state index contributed by atoms with van der Waals surface area (Å²) in [6.45, 7) is 2.41. The highest BCUT2D eigenvalue weighted by Crippen LogP contribution is 2.34. The zero-order valence-corrected chi connectivity index (χ0v) is 22.3. The van der Waals surface area contributed by atoms with Crippen LogP contribution >= 0.6 is 0 Å². The minimum absolute atomic E-state index is 0.00125. The summed E-state index contributed by atoms with van der Waals surface area (Å²) >= 11 is 0. The number of rotatable bonds is 12. The Balaban J connectivity index is 1.77. The van der Waals surface area contributed by atoms with Crippen LogP contribution in [0.5, 0.6) is 0 Å². The second kappa shape index (κ2) is 12.7. The topological polar surface area (TPSA) is 141 Å². The summed E-state index contributed by atoms with van der Waals surface area (Å²) in [6, 6.07) is 9.35. The van der Waals surface area contributed by atoms with Crippen LogP contribution in [0.1, 0.15) is 28.4 Å². The zero-order chi connectivity index (χ0) is 28.6. The van der Waals surface area contributed by atoms with Gasteiger partial charge in [0.2, 0.25) is 16.0 Å². The quantitative estimate of drug-likeness (QED) is 0.260. The van der Waals surface area contributed by atoms with Crippen molar-refractivity contribution in [3.8, 4) is 0 Å². The van der Waals surface area contributed by atoms with Gasteiger partial charge in [-0.1, -0.05) is 6.07 Å². The van der Waals surface area contributed by atoms with E-state index in [2.05, 4.69) is 35.6 Å². The van der Waals surface area contributed by atoms with Crippen molar-refractivity contribution in [2.45, 2.75) is 19.6 Å². The van der Waals surface area contributed by atoms with Crippen molar-refractivity contribution in [3.63, 3.8) is 0 Å². The van der Waals surface area contributed by atoms with Crippen LogP contribution in [0, 0.1) is 0 Å². The predicted octanol–water partition coefficient (Wildman–Crippen LogP) is 3.30. The van der Waals surface area contributed by atoms with Crippen molar-refractivity contribution in [1.29, 1.82) is 0 Å². The fraction of sp³-hybridized carbons (Fsp3) is 0.333. The SMILES string of the molecule is CCS(=O)(=O)Nc1ncccc1CNc1nc(Nc2ccc(C(=O)NCCN(C)C)cc2)ncc1C(F)(F)F. The number of alkyl halides is 3. The Morgan fingerprint density at radius 1 is 1.05 bits per heavy atom. The molecule has 0 aliphatic carbocycles. The number of aromatic nitrogens is 3. The molecule has 2 heterocycles. The molecule has 210 valence electrons. The molecule has 0 fully saturated rings. The fourth-order valence-electron chi connectivity index (χ4n) is 3.18. The molecule has 15 heteroatoms. The molecule has 1 aromatic carbocycles. The van der Waals surface area contributed by atoms with E-state index in [4.69, 9.17) is 0 Å². The molecule has 0 spiro atoms. The molecule has 0 bridgehead atoms. The van der Waals surface area contributed by atoms with E-state index in [-0.39, 0.29) is 30.0 Å². The predicted molar refractivity (Wildman–Crippen MR) is 142 cm³/mol. The number of carbonyl (C=O) groups excluding carboxylic acids is 1. The van der Waals surface area contributed by atoms with E-state index in [0.717, 1.165) is 0 Å². The normalized spacial score (nSPS) is 11.8. The summed E-state index contributed by atoms with van der Waals surface area (Å²) in [5.74, 6) is -1.08. The van der Waals surface area contributed by atoms with Gasteiger partial charge in [0, 0.05) is 48.8 Å². The van der Waals surface area contributed by atoms with Crippen molar-refractivity contribution in [2.24, 2.45) is 0 Å². The number of carbonyl (C=O) groups is 1. The summed E-state index contributed by atoms with van der Waals surface area (Å²) in [7, 11) is 0.136. The van der Waals surface area contributed by atoms with Crippen LogP contribution in [-0.2, 0) is 22.7 Å². The number of benzene rings is 1. The van der Waals surface area contributed by atoms with E-state index in [1.165, 1.54) is 25.3 Å². The van der Waals surface area contributed by atoms with Gasteiger partial charge < -0.3 is 20.9 Å². The molecule has 4 N–H and O–H groups in total. The van der Waals surface area contributed by atoms with E-state index < -0.39 is 27.6 Å². The summed E-state index contributed by atoms with van der Waals surface area (Å²) < 4.78 is 67.2. The third-order valence-corrected chi connectivity index (χ3v) is 6.58. The summed E-state index contributed by atoms with van der Waals surface area (Å²) in [5, 5.41) is 8.23. The standard InChI is InChI=1S/C24H29F3N8O3S/c1-4-39(37,38)34-20-17(6-5-11-28-20)14-30-21-19(24(25,26)27)15-31-23(33-21)32-18-9-7-16(8-10-18)22(36)29-12-13-35(2)3/h5-11,15H,4,12-14H2,1-3H3,(H,28,34)(H,29,36)(H2,30,31,32,33). The third kappa shape index (κ3) is 8.78. The Morgan fingerprint density at radius 3 is 2.41 bits per heavy atom. The van der Waals surface area contributed by atoms with Crippen molar-refractivity contribution in [1.82, 2.24) is 25.2 Å². The first-order chi connectivity index (χ1) is 18.4. The first kappa shape index (κ1) is 29.6. The Labute approximate surface area is 224 Å². The Kier molecular flexibility index (Phi) is 9.64. The zero-order valence-electron chi connectivity index (χ0n) is 21.5. The largest absolute Gasteiger partial charge is 0.421 e. The minimum Gasteiger partial charge on any atom is -0.365 e. The minimum atomic E-state index is -4.75. The maximum Gasteiger partial charge on any atom is 0.421 e. The number of hydrogen-bond donors (Lipinski definition) is 4. The molecule has 0 atom stereocenters. The van der Waals surface area contributed by atoms with E-state index in [1.807, 2.05) is 19.0 Å². The van der Waals surface area contributed by atoms with E-state index in [0.29, 0.717) is 36.1 Å². The molecule has 0 unspecified atom stereocenters. The van der Waals surface area contributed by atoms with Gasteiger partial charge in [-0.25, -0.2) is 18.4 Å². The van der Waals surface area contributed by atoms with E-state index in [1.54, 1.807) is 24.3 Å². The van der Waals surface area contributed by atoms with Crippen molar-refractivity contribution < 1.29 is 26.4 Å². The lowest BCUT2D eigenvalue weighted by Gasteiger charge is -2.16. The average molecular weight is 567 g/mol. The molecule has 11 nitrogen and oxygen atoms in total. The third-order valence-electron chi connectivity index (χ3n) is 5.31. The Morgan fingerprint density at radius 2 is 1.77 bits per heavy atom.